The van der Waals surface area contributed by atoms with E-state index in [9.17, 15) is 14.7 Å². The fraction of sp³-hybridized carbons (Fsp3) is 0.100. The zero-order valence-corrected chi connectivity index (χ0v) is 23.0. The first-order valence-corrected chi connectivity index (χ1v) is 13.4. The number of carboxylic acids is 1. The van der Waals surface area contributed by atoms with E-state index in [1.165, 1.54) is 28.1 Å². The van der Waals surface area contributed by atoms with Crippen molar-refractivity contribution in [1.29, 1.82) is 0 Å². The van der Waals surface area contributed by atoms with Gasteiger partial charge in [0.05, 0.1) is 20.6 Å². The summed E-state index contributed by atoms with van der Waals surface area (Å²) in [5.41, 5.74) is 3.20. The van der Waals surface area contributed by atoms with Crippen LogP contribution in [0.2, 0.25) is 0 Å². The van der Waals surface area contributed by atoms with Crippen LogP contribution in [-0.2, 0) is 11.4 Å². The van der Waals surface area contributed by atoms with Gasteiger partial charge < -0.3 is 9.84 Å². The number of benzene rings is 4. The number of rotatable bonds is 6. The molecule has 38 heavy (non-hydrogen) atoms. The molecule has 0 unspecified atom stereocenters. The Bertz CT molecular complexity index is 1640. The molecule has 1 aliphatic heterocycles. The molecule has 1 heterocycles. The quantitative estimate of drug-likeness (QED) is 0.238. The number of nitrogens with zero attached hydrogens (tertiary/aromatic N) is 2. The molecule has 1 amide bonds. The summed E-state index contributed by atoms with van der Waals surface area (Å²) >= 11 is 4.85. The summed E-state index contributed by atoms with van der Waals surface area (Å²) in [6.45, 7) is 2.14. The molecule has 1 saturated heterocycles. The van der Waals surface area contributed by atoms with E-state index in [1.807, 2.05) is 42.5 Å². The van der Waals surface area contributed by atoms with Gasteiger partial charge >= 0.3 is 5.97 Å². The van der Waals surface area contributed by atoms with Gasteiger partial charge in [0.1, 0.15) is 12.4 Å². The molecule has 1 fully saturated rings. The van der Waals surface area contributed by atoms with Crippen LogP contribution < -0.4 is 4.74 Å². The van der Waals surface area contributed by atoms with Crippen molar-refractivity contribution in [2.75, 3.05) is 7.05 Å². The lowest BCUT2D eigenvalue weighted by Crippen LogP contribution is -2.23. The summed E-state index contributed by atoms with van der Waals surface area (Å²) in [4.78, 5) is 31.0. The maximum absolute atomic E-state index is 12.9. The maximum atomic E-state index is 12.9. The number of thioether (sulfide) groups is 1. The molecule has 1 aliphatic rings. The Morgan fingerprint density at radius 2 is 1.84 bits per heavy atom. The average molecular weight is 587 g/mol. The molecule has 0 spiro atoms. The maximum Gasteiger partial charge on any atom is 0.336 e. The molecule has 0 atom stereocenters. The monoisotopic (exact) mass is 586 g/mol. The number of halogens is 1. The molecule has 4 aromatic rings. The van der Waals surface area contributed by atoms with Gasteiger partial charge in [-0.05, 0) is 92.4 Å². The Balaban J connectivity index is 1.34. The van der Waals surface area contributed by atoms with Gasteiger partial charge in [-0.1, -0.05) is 54.6 Å². The van der Waals surface area contributed by atoms with Crippen molar-refractivity contribution < 1.29 is 19.4 Å². The summed E-state index contributed by atoms with van der Waals surface area (Å²) in [7, 11) is 1.66. The Morgan fingerprint density at radius 3 is 2.63 bits per heavy atom. The second-order valence-electron chi connectivity index (χ2n) is 8.74. The molecule has 6 nitrogen and oxygen atoms in total. The number of likely N-dealkylation sites (N-methyl/N-ethyl adjacent to an activating group) is 1. The fourth-order valence-electron chi connectivity index (χ4n) is 4.18. The third-order valence-corrected chi connectivity index (χ3v) is 7.95. The molecule has 0 aromatic heterocycles. The van der Waals surface area contributed by atoms with Gasteiger partial charge in [-0.15, -0.1) is 0 Å². The van der Waals surface area contributed by atoms with Gasteiger partial charge in [-0.2, -0.15) is 0 Å². The van der Waals surface area contributed by atoms with Crippen molar-refractivity contribution in [3.63, 3.8) is 0 Å². The summed E-state index contributed by atoms with van der Waals surface area (Å²) in [5.74, 6) is -0.476. The van der Waals surface area contributed by atoms with E-state index >= 15 is 0 Å². The third-order valence-electron chi connectivity index (χ3n) is 6.27. The SMILES string of the molecule is Cc1c(N=C2S/C(=C\c3ccc(OCc4cccc5ccccc45)c(Br)c3)C(=O)N2C)cccc1C(=O)O. The molecule has 0 bridgehead atoms. The summed E-state index contributed by atoms with van der Waals surface area (Å²) in [5, 5.41) is 12.2. The van der Waals surface area contributed by atoms with Gasteiger partial charge in [0.2, 0.25) is 0 Å². The number of hydrogen-bond acceptors (Lipinski definition) is 5. The Hall–Kier alpha value is -3.88. The molecule has 0 aliphatic carbocycles. The van der Waals surface area contributed by atoms with Gasteiger partial charge in [-0.3, -0.25) is 9.69 Å². The largest absolute Gasteiger partial charge is 0.488 e. The molecular formula is C30H23BrN2O4S. The van der Waals surface area contributed by atoms with Crippen molar-refractivity contribution in [3.05, 3.63) is 110 Å². The summed E-state index contributed by atoms with van der Waals surface area (Å²) in [6.07, 6.45) is 1.81. The van der Waals surface area contributed by atoms with E-state index in [4.69, 9.17) is 4.74 Å². The van der Waals surface area contributed by atoms with Crippen LogP contribution in [0.5, 0.6) is 5.75 Å². The van der Waals surface area contributed by atoms with E-state index in [0.717, 1.165) is 21.0 Å². The highest BCUT2D eigenvalue weighted by molar-refractivity contribution is 9.10. The van der Waals surface area contributed by atoms with E-state index < -0.39 is 5.97 Å². The molecule has 4 aromatic carbocycles. The van der Waals surface area contributed by atoms with Gasteiger partial charge in [0.25, 0.3) is 5.91 Å². The zero-order chi connectivity index (χ0) is 26.8. The predicted octanol–water partition coefficient (Wildman–Crippen LogP) is 7.42. The number of ether oxygens (including phenoxy) is 1. The van der Waals surface area contributed by atoms with Gasteiger partial charge in [0.15, 0.2) is 5.17 Å². The first-order chi connectivity index (χ1) is 18.3. The van der Waals surface area contributed by atoms with Crippen LogP contribution in [0.1, 0.15) is 27.0 Å². The van der Waals surface area contributed by atoms with E-state index in [1.54, 1.807) is 26.1 Å². The molecule has 5 rings (SSSR count). The van der Waals surface area contributed by atoms with Crippen molar-refractivity contribution >= 4 is 67.3 Å². The highest BCUT2D eigenvalue weighted by atomic mass is 79.9. The summed E-state index contributed by atoms with van der Waals surface area (Å²) < 4.78 is 6.89. The van der Waals surface area contributed by atoms with Crippen LogP contribution in [-0.4, -0.2) is 34.1 Å². The number of amides is 1. The number of carboxylic acid groups (broad SMARTS) is 1. The minimum atomic E-state index is -1.01. The number of amidine groups is 1. The van der Waals surface area contributed by atoms with Crippen LogP contribution in [0, 0.1) is 6.92 Å². The molecule has 0 saturated carbocycles. The molecule has 8 heteroatoms. The van der Waals surface area contributed by atoms with Gasteiger partial charge in [0, 0.05) is 7.05 Å². The minimum Gasteiger partial charge on any atom is -0.488 e. The topological polar surface area (TPSA) is 79.2 Å². The lowest BCUT2D eigenvalue weighted by molar-refractivity contribution is -0.121. The van der Waals surface area contributed by atoms with Crippen molar-refractivity contribution in [2.45, 2.75) is 13.5 Å². The number of aromatic carboxylic acids is 1. The van der Waals surface area contributed by atoms with Crippen molar-refractivity contribution in [1.82, 2.24) is 4.90 Å². The van der Waals surface area contributed by atoms with Gasteiger partial charge in [-0.25, -0.2) is 9.79 Å². The number of carbonyl (C=O) groups is 2. The number of hydrogen-bond donors (Lipinski definition) is 1. The Morgan fingerprint density at radius 1 is 1.08 bits per heavy atom. The summed E-state index contributed by atoms with van der Waals surface area (Å²) in [6, 6.07) is 25.0. The van der Waals surface area contributed by atoms with Crippen molar-refractivity contribution in [2.24, 2.45) is 4.99 Å². The second kappa shape index (κ2) is 10.8. The molecule has 190 valence electrons. The Labute approximate surface area is 232 Å². The first-order valence-electron chi connectivity index (χ1n) is 11.8. The van der Waals surface area contributed by atoms with Crippen LogP contribution in [0.4, 0.5) is 5.69 Å². The smallest absolute Gasteiger partial charge is 0.336 e. The first kappa shape index (κ1) is 25.8. The van der Waals surface area contributed by atoms with Crippen LogP contribution in [0.15, 0.2) is 93.2 Å². The molecule has 0 radical (unpaired) electrons. The lowest BCUT2D eigenvalue weighted by atomic mass is 10.1. The zero-order valence-electron chi connectivity index (χ0n) is 20.6. The number of fused-ring (bicyclic) bond motifs is 1. The number of aliphatic imine (C=N–C) groups is 1. The van der Waals surface area contributed by atoms with Crippen LogP contribution in [0.25, 0.3) is 16.8 Å². The standard InChI is InChI=1S/C30H23BrN2O4S/c1-18-22(29(35)36)11-6-12-25(18)32-30-33(2)28(34)27(38-30)16-19-13-14-26(24(31)15-19)37-17-21-9-5-8-20-7-3-4-10-23(20)21/h3-16H,17H2,1-2H3,(H,35,36)/b27-16-,32-30?. The molecular weight excluding hydrogens is 564 g/mol. The van der Waals surface area contributed by atoms with Crippen LogP contribution >= 0.6 is 27.7 Å². The van der Waals surface area contributed by atoms with Crippen molar-refractivity contribution in [3.8, 4) is 5.75 Å². The Kier molecular flexibility index (Phi) is 7.35. The molecule has 1 N–H and O–H groups in total. The van der Waals surface area contributed by atoms with E-state index in [2.05, 4.69) is 45.2 Å². The minimum absolute atomic E-state index is 0.173. The third kappa shape index (κ3) is 5.23. The normalized spacial score (nSPS) is 15.6. The predicted molar refractivity (Wildman–Crippen MR) is 156 cm³/mol. The number of carbonyl (C=O) groups excluding carboxylic acids is 1. The van der Waals surface area contributed by atoms with Crippen LogP contribution in [0.3, 0.4) is 0 Å². The lowest BCUT2D eigenvalue weighted by Gasteiger charge is -2.11. The fourth-order valence-corrected chi connectivity index (χ4v) is 5.67. The highest BCUT2D eigenvalue weighted by Gasteiger charge is 2.30. The van der Waals surface area contributed by atoms with E-state index in [0.29, 0.717) is 33.7 Å². The van der Waals surface area contributed by atoms with E-state index in [-0.39, 0.29) is 11.5 Å². The average Bonchev–Trinajstić information content (AvgIpc) is 3.16. The highest BCUT2D eigenvalue weighted by Crippen LogP contribution is 2.35. The second-order valence-corrected chi connectivity index (χ2v) is 10.6.